The van der Waals surface area contributed by atoms with Crippen molar-refractivity contribution in [1.29, 1.82) is 0 Å². The van der Waals surface area contributed by atoms with E-state index in [1.54, 1.807) is 13.8 Å². The van der Waals surface area contributed by atoms with Crippen LogP contribution in [0.15, 0.2) is 0 Å². The molecule has 2 aliphatic heterocycles. The maximum absolute atomic E-state index is 11.4. The maximum atomic E-state index is 11.4. The van der Waals surface area contributed by atoms with Gasteiger partial charge in [-0.1, -0.05) is 25.7 Å². The van der Waals surface area contributed by atoms with Gasteiger partial charge in [0.15, 0.2) is 0 Å². The summed E-state index contributed by atoms with van der Waals surface area (Å²) in [6.07, 6.45) is 11.4. The van der Waals surface area contributed by atoms with Crippen LogP contribution in [0.4, 0.5) is 0 Å². The van der Waals surface area contributed by atoms with E-state index in [2.05, 4.69) is 16.0 Å². The van der Waals surface area contributed by atoms with E-state index in [4.69, 9.17) is 0 Å². The molecule has 4 rings (SSSR count). The number of piperidine rings is 1. The van der Waals surface area contributed by atoms with Gasteiger partial charge in [-0.05, 0) is 58.4 Å². The first-order valence-electron chi connectivity index (χ1n) is 10.8. The predicted octanol–water partition coefficient (Wildman–Crippen LogP) is 2.19. The van der Waals surface area contributed by atoms with Crippen LogP contribution in [0.5, 0.6) is 0 Å². The van der Waals surface area contributed by atoms with E-state index in [0.717, 1.165) is 19.5 Å². The van der Waals surface area contributed by atoms with Crippen molar-refractivity contribution in [2.24, 2.45) is 11.8 Å². The minimum Gasteiger partial charge on any atom is -0.314 e. The summed E-state index contributed by atoms with van der Waals surface area (Å²) in [7, 11) is 0. The molecule has 4 fully saturated rings. The largest absolute Gasteiger partial charge is 0.314 e. The number of fused-ring (bicyclic) bond motifs is 2. The van der Waals surface area contributed by atoms with Gasteiger partial charge in [0.2, 0.25) is 0 Å². The third-order valence-electron chi connectivity index (χ3n) is 6.98. The van der Waals surface area contributed by atoms with Gasteiger partial charge in [0.05, 0.1) is 6.04 Å². The summed E-state index contributed by atoms with van der Waals surface area (Å²) in [5.74, 6) is 1.70. The minimum atomic E-state index is 0.0550. The van der Waals surface area contributed by atoms with Gasteiger partial charge in [-0.25, -0.2) is 0 Å². The van der Waals surface area contributed by atoms with Crippen LogP contribution in [-0.4, -0.2) is 48.8 Å². The zero-order chi connectivity index (χ0) is 18.5. The average molecular weight is 364 g/mol. The smallest absolute Gasteiger partial charge is 0.147 e. The number of Topliss-reactive ketones (excluding diaryl/α,β-unsaturated/α-hetero) is 2. The molecule has 6 unspecified atom stereocenters. The summed E-state index contributed by atoms with van der Waals surface area (Å²) in [6.45, 7) is 5.30. The third-order valence-corrected chi connectivity index (χ3v) is 6.98. The molecule has 26 heavy (non-hydrogen) atoms. The second kappa shape index (κ2) is 9.43. The van der Waals surface area contributed by atoms with E-state index in [9.17, 15) is 9.59 Å². The Hall–Kier alpha value is -0.780. The lowest BCUT2D eigenvalue weighted by molar-refractivity contribution is -0.124. The molecule has 148 valence electrons. The van der Waals surface area contributed by atoms with Crippen molar-refractivity contribution in [1.82, 2.24) is 16.0 Å². The molecular formula is C21H37N3O2. The van der Waals surface area contributed by atoms with Crippen LogP contribution in [0.3, 0.4) is 0 Å². The van der Waals surface area contributed by atoms with E-state index >= 15 is 0 Å². The second-order valence-electron chi connectivity index (χ2n) is 8.75. The van der Waals surface area contributed by atoms with E-state index in [1.165, 1.54) is 51.4 Å². The quantitative estimate of drug-likeness (QED) is 0.702. The fraction of sp³-hybridized carbons (Fsp3) is 0.905. The lowest BCUT2D eigenvalue weighted by atomic mass is 9.71. The standard InChI is InChI=1S/C11H19NO.C10H18N2O/c1-8(13)9-6-7-12-11-5-3-2-4-10(9)11;1-7(13)10-6-11-8-4-2-3-5-9(8)12-10/h9-12H,2-7H2,1H3;8-12H,2-6H2,1H3. The molecule has 0 radical (unpaired) electrons. The normalized spacial score (nSPS) is 39.6. The van der Waals surface area contributed by atoms with Gasteiger partial charge in [-0.15, -0.1) is 0 Å². The molecule has 2 saturated carbocycles. The highest BCUT2D eigenvalue weighted by molar-refractivity contribution is 5.81. The Bertz CT molecular complexity index is 492. The van der Waals surface area contributed by atoms with Gasteiger partial charge in [0.25, 0.3) is 0 Å². The Morgan fingerprint density at radius 1 is 0.731 bits per heavy atom. The van der Waals surface area contributed by atoms with Crippen LogP contribution >= 0.6 is 0 Å². The van der Waals surface area contributed by atoms with Crippen molar-refractivity contribution in [3.8, 4) is 0 Å². The number of hydrogen-bond acceptors (Lipinski definition) is 5. The summed E-state index contributed by atoms with van der Waals surface area (Å²) in [5.41, 5.74) is 0. The molecule has 0 spiro atoms. The van der Waals surface area contributed by atoms with Crippen molar-refractivity contribution < 1.29 is 9.59 Å². The first-order valence-corrected chi connectivity index (χ1v) is 10.8. The molecule has 5 heteroatoms. The van der Waals surface area contributed by atoms with E-state index in [-0.39, 0.29) is 11.8 Å². The van der Waals surface area contributed by atoms with Gasteiger partial charge in [-0.3, -0.25) is 9.59 Å². The highest BCUT2D eigenvalue weighted by Gasteiger charge is 2.36. The fourth-order valence-corrected chi connectivity index (χ4v) is 5.46. The van der Waals surface area contributed by atoms with Crippen molar-refractivity contribution in [2.45, 2.75) is 95.8 Å². The lowest BCUT2D eigenvalue weighted by Crippen LogP contribution is -2.63. The maximum Gasteiger partial charge on any atom is 0.147 e. The number of nitrogens with one attached hydrogen (secondary N) is 3. The van der Waals surface area contributed by atoms with Gasteiger partial charge >= 0.3 is 0 Å². The monoisotopic (exact) mass is 363 g/mol. The number of rotatable bonds is 2. The van der Waals surface area contributed by atoms with Crippen LogP contribution in [0, 0.1) is 11.8 Å². The van der Waals surface area contributed by atoms with Crippen molar-refractivity contribution in [3.63, 3.8) is 0 Å². The van der Waals surface area contributed by atoms with Crippen LogP contribution in [0.2, 0.25) is 0 Å². The van der Waals surface area contributed by atoms with Gasteiger partial charge < -0.3 is 16.0 Å². The molecule has 5 nitrogen and oxygen atoms in total. The Kier molecular flexibility index (Phi) is 7.24. The Labute approximate surface area is 158 Å². The van der Waals surface area contributed by atoms with Crippen LogP contribution in [0.1, 0.15) is 71.6 Å². The molecule has 0 aromatic rings. The molecule has 2 aliphatic carbocycles. The van der Waals surface area contributed by atoms with Crippen LogP contribution in [0.25, 0.3) is 0 Å². The van der Waals surface area contributed by atoms with Gasteiger partial charge in [0.1, 0.15) is 11.6 Å². The van der Waals surface area contributed by atoms with Crippen molar-refractivity contribution in [3.05, 3.63) is 0 Å². The van der Waals surface area contributed by atoms with Crippen LogP contribution in [-0.2, 0) is 9.59 Å². The zero-order valence-corrected chi connectivity index (χ0v) is 16.6. The molecule has 2 heterocycles. The summed E-state index contributed by atoms with van der Waals surface area (Å²) < 4.78 is 0. The van der Waals surface area contributed by atoms with Crippen molar-refractivity contribution in [2.75, 3.05) is 13.1 Å². The molecule has 0 aromatic carbocycles. The Morgan fingerprint density at radius 2 is 1.38 bits per heavy atom. The molecule has 0 aromatic heterocycles. The van der Waals surface area contributed by atoms with E-state index in [1.807, 2.05) is 0 Å². The summed E-state index contributed by atoms with van der Waals surface area (Å²) in [6, 6.07) is 1.86. The predicted molar refractivity (Wildman–Crippen MR) is 104 cm³/mol. The van der Waals surface area contributed by atoms with Crippen molar-refractivity contribution >= 4 is 11.6 Å². The number of carbonyl (C=O) groups excluding carboxylic acids is 2. The van der Waals surface area contributed by atoms with E-state index < -0.39 is 0 Å². The molecule has 3 N–H and O–H groups in total. The molecule has 0 bridgehead atoms. The first kappa shape index (κ1) is 20.0. The minimum absolute atomic E-state index is 0.0550. The van der Waals surface area contributed by atoms with Crippen LogP contribution < -0.4 is 16.0 Å². The summed E-state index contributed by atoms with van der Waals surface area (Å²) in [5, 5.41) is 10.5. The van der Waals surface area contributed by atoms with Gasteiger partial charge in [0, 0.05) is 30.6 Å². The highest BCUT2D eigenvalue weighted by Crippen LogP contribution is 2.35. The molecule has 4 aliphatic rings. The molecular weight excluding hydrogens is 326 g/mol. The topological polar surface area (TPSA) is 70.2 Å². The second-order valence-corrected chi connectivity index (χ2v) is 8.75. The summed E-state index contributed by atoms with van der Waals surface area (Å²) >= 11 is 0. The summed E-state index contributed by atoms with van der Waals surface area (Å²) in [4.78, 5) is 22.6. The lowest BCUT2D eigenvalue weighted by Gasteiger charge is -2.41. The number of ketones is 2. The average Bonchev–Trinajstić information content (AvgIpc) is 2.67. The number of piperazine rings is 1. The Balaban J connectivity index is 0.000000151. The molecule has 0 amide bonds. The van der Waals surface area contributed by atoms with E-state index in [0.29, 0.717) is 35.7 Å². The SMILES string of the molecule is CC(=O)C1CCNC2CCCCC21.CC(=O)C1CNC2CCCCC2N1. The molecule has 2 saturated heterocycles. The zero-order valence-electron chi connectivity index (χ0n) is 16.6. The Morgan fingerprint density at radius 3 is 2.08 bits per heavy atom. The number of hydrogen-bond donors (Lipinski definition) is 3. The third kappa shape index (κ3) is 4.93. The fourth-order valence-electron chi connectivity index (χ4n) is 5.46. The first-order chi connectivity index (χ1) is 12.6. The van der Waals surface area contributed by atoms with Gasteiger partial charge in [-0.2, -0.15) is 0 Å². The highest BCUT2D eigenvalue weighted by atomic mass is 16.1. The molecule has 6 atom stereocenters. The number of carbonyl (C=O) groups is 2.